The van der Waals surface area contributed by atoms with Crippen molar-refractivity contribution in [2.45, 2.75) is 88.7 Å². The molecule has 60 heavy (non-hydrogen) atoms. The maximum atomic E-state index is 17.7. The van der Waals surface area contributed by atoms with E-state index < -0.39 is 160 Å². The van der Waals surface area contributed by atoms with Gasteiger partial charge in [0.05, 0.1) is 31.5 Å². The van der Waals surface area contributed by atoms with Gasteiger partial charge >= 0.3 is 18.1 Å². The number of hydrogen-bond acceptors (Lipinski definition) is 19. The van der Waals surface area contributed by atoms with Crippen LogP contribution in [0.2, 0.25) is 0 Å². The molecule has 5 rings (SSSR count). The number of nitrogens with zero attached hydrogens (tertiary/aromatic N) is 2. The van der Waals surface area contributed by atoms with Crippen molar-refractivity contribution < 1.29 is 92.0 Å². The average Bonchev–Trinajstić information content (AvgIpc) is 3.39. The monoisotopic (exact) mass is 856 g/mol. The van der Waals surface area contributed by atoms with Gasteiger partial charge in [-0.15, -0.1) is 20.2 Å². The number of aromatic hydroxyl groups is 2. The first-order valence-electron chi connectivity index (χ1n) is 18.6. The minimum atomic E-state index is -2.74. The molecular weight excluding hydrogens is 814 g/mol. The van der Waals surface area contributed by atoms with Gasteiger partial charge in [0, 0.05) is 36.0 Å². The fraction of sp³-hybridized carbons (Fsp3) is 0.595. The Morgan fingerprint density at radius 1 is 0.933 bits per heavy atom. The first-order valence-corrected chi connectivity index (χ1v) is 18.6. The number of phenolic OH excluding ortho intramolecular Hbond substituents is 2. The number of hydrogen-bond donors (Lipinski definition) is 4. The molecular formula is C37H42F2N2O19. The van der Waals surface area contributed by atoms with Crippen LogP contribution in [0.15, 0.2) is 35.7 Å². The second-order valence-electron chi connectivity index (χ2n) is 15.3. The molecule has 4 aliphatic rings. The summed E-state index contributed by atoms with van der Waals surface area (Å²) >= 11 is 0. The van der Waals surface area contributed by atoms with Gasteiger partial charge in [-0.3, -0.25) is 14.4 Å². The van der Waals surface area contributed by atoms with E-state index in [1.807, 2.05) is 0 Å². The number of aliphatic hydroxyl groups excluding tert-OH is 2. The van der Waals surface area contributed by atoms with E-state index in [1.165, 1.54) is 19.9 Å². The number of ketones is 2. The lowest BCUT2D eigenvalue weighted by atomic mass is 9.45. The highest BCUT2D eigenvalue weighted by Crippen LogP contribution is 2.70. The standard InChI is InChI=1S/C37H42F2N2O19/c1-34-8-7-20(42)14-23(34)24(38)15-22-21-16-27(44)37(35(21,2)17-28(45)36(22,34)39,60-30(47)6-5-11-58-41(53)54)29(46)18-56-33(50)59-26-13-19(12-25(43)31(26)48)32(49)55-9-3-4-10-57-40(51)52/h7-8,12-13,21-22,27-28,43-45,48H,3-6,9-11,14-18H2,1-2H3/t21?,22?,27-,28+,34+,35+,36+,37+/m1/s1. The fourth-order valence-corrected chi connectivity index (χ4v) is 9.24. The summed E-state index contributed by atoms with van der Waals surface area (Å²) in [6.45, 7) is 0.194. The lowest BCUT2D eigenvalue weighted by molar-refractivity contribution is -0.757. The quantitative estimate of drug-likeness (QED) is 0.0332. The van der Waals surface area contributed by atoms with Crippen LogP contribution in [0.5, 0.6) is 17.2 Å². The smallest absolute Gasteiger partial charge is 0.504 e. The molecule has 0 spiro atoms. The van der Waals surface area contributed by atoms with Gasteiger partial charge in [-0.2, -0.15) is 0 Å². The second kappa shape index (κ2) is 17.3. The minimum Gasteiger partial charge on any atom is -0.504 e. The van der Waals surface area contributed by atoms with Gasteiger partial charge in [-0.05, 0) is 68.7 Å². The predicted molar refractivity (Wildman–Crippen MR) is 190 cm³/mol. The molecule has 0 saturated heterocycles. The van der Waals surface area contributed by atoms with Crippen molar-refractivity contribution >= 4 is 29.7 Å². The van der Waals surface area contributed by atoms with Gasteiger partial charge in [0.15, 0.2) is 29.6 Å². The van der Waals surface area contributed by atoms with Crippen LogP contribution in [0, 0.1) is 42.9 Å². The molecule has 2 saturated carbocycles. The summed E-state index contributed by atoms with van der Waals surface area (Å²) in [4.78, 5) is 94.6. The summed E-state index contributed by atoms with van der Waals surface area (Å²) < 4.78 is 54.3. The summed E-state index contributed by atoms with van der Waals surface area (Å²) in [7, 11) is 0. The van der Waals surface area contributed by atoms with Crippen LogP contribution in [0.1, 0.15) is 75.6 Å². The number of rotatable bonds is 17. The molecule has 23 heteroatoms. The Balaban J connectivity index is 1.38. The van der Waals surface area contributed by atoms with Crippen molar-refractivity contribution in [2.75, 3.05) is 26.4 Å². The number of Topliss-reactive ketones (excluding diaryl/α,β-unsaturated/α-hetero) is 1. The molecule has 21 nitrogen and oxygen atoms in total. The number of carbonyl (C=O) groups excluding carboxylic acids is 5. The van der Waals surface area contributed by atoms with Crippen LogP contribution in [-0.2, 0) is 38.3 Å². The van der Waals surface area contributed by atoms with Crippen LogP contribution in [0.3, 0.4) is 0 Å². The zero-order valence-electron chi connectivity index (χ0n) is 32.2. The molecule has 0 amide bonds. The number of ether oxygens (including phenoxy) is 4. The van der Waals surface area contributed by atoms with Crippen LogP contribution in [0.4, 0.5) is 13.6 Å². The van der Waals surface area contributed by atoms with Crippen molar-refractivity contribution in [2.24, 2.45) is 22.7 Å². The Kier molecular flexibility index (Phi) is 13.0. The van der Waals surface area contributed by atoms with Gasteiger partial charge < -0.3 is 49.0 Å². The molecule has 8 atom stereocenters. The first-order chi connectivity index (χ1) is 28.1. The van der Waals surface area contributed by atoms with Crippen molar-refractivity contribution in [3.05, 3.63) is 61.5 Å². The fourth-order valence-electron chi connectivity index (χ4n) is 9.24. The second-order valence-corrected chi connectivity index (χ2v) is 15.3. The van der Waals surface area contributed by atoms with E-state index >= 15 is 8.78 Å². The molecule has 0 heterocycles. The highest BCUT2D eigenvalue weighted by Gasteiger charge is 2.78. The number of unbranched alkanes of at least 4 members (excludes halogenated alkanes) is 1. The van der Waals surface area contributed by atoms with Crippen LogP contribution in [0.25, 0.3) is 0 Å². The van der Waals surface area contributed by atoms with Gasteiger partial charge in [-0.1, -0.05) is 13.0 Å². The Bertz CT molecular complexity index is 2010. The number of alkyl halides is 1. The topological polar surface area (TPSA) is 308 Å². The van der Waals surface area contributed by atoms with E-state index in [0.717, 1.165) is 18.2 Å². The molecule has 0 aliphatic heterocycles. The number of carbonyl (C=O) groups is 5. The van der Waals surface area contributed by atoms with Gasteiger partial charge in [0.25, 0.3) is 10.2 Å². The largest absolute Gasteiger partial charge is 0.514 e. The third-order valence-electron chi connectivity index (χ3n) is 12.0. The van der Waals surface area contributed by atoms with Gasteiger partial charge in [0.1, 0.15) is 11.9 Å². The Morgan fingerprint density at radius 2 is 1.58 bits per heavy atom. The van der Waals surface area contributed by atoms with Crippen molar-refractivity contribution in [1.29, 1.82) is 0 Å². The SMILES string of the molecule is C[C@]12C=CC(=O)CC1=C(F)CC1C3C[C@@H](O)[C@](OC(=O)CCCO[N+](=O)[O-])(C(=O)COC(=O)Oc4cc(C(=O)OCCCCO[N+](=O)[O-])cc(O)c4O)[C@@]3(C)C[C@H](O)[C@@]12F. The number of phenols is 2. The van der Waals surface area contributed by atoms with E-state index in [4.69, 9.17) is 18.9 Å². The highest BCUT2D eigenvalue weighted by molar-refractivity contribution is 5.95. The number of benzene rings is 1. The molecule has 4 aliphatic carbocycles. The maximum absolute atomic E-state index is 17.7. The highest BCUT2D eigenvalue weighted by atomic mass is 19.1. The maximum Gasteiger partial charge on any atom is 0.514 e. The molecule has 0 aromatic heterocycles. The number of fused-ring (bicyclic) bond motifs is 5. The van der Waals surface area contributed by atoms with E-state index in [9.17, 15) is 64.6 Å². The Hall–Kier alpha value is -5.97. The summed E-state index contributed by atoms with van der Waals surface area (Å²) in [5.41, 5.74) is -9.75. The molecule has 1 aromatic rings. The zero-order chi connectivity index (χ0) is 44.4. The third kappa shape index (κ3) is 8.14. The number of aliphatic hydroxyl groups is 2. The molecule has 4 N–H and O–H groups in total. The zero-order valence-corrected chi connectivity index (χ0v) is 32.2. The molecule has 0 bridgehead atoms. The molecule has 0 radical (unpaired) electrons. The van der Waals surface area contributed by atoms with Crippen molar-refractivity contribution in [1.82, 2.24) is 0 Å². The lowest BCUT2D eigenvalue weighted by Crippen LogP contribution is -2.70. The van der Waals surface area contributed by atoms with E-state index in [-0.39, 0.29) is 38.0 Å². The Morgan fingerprint density at radius 3 is 2.25 bits per heavy atom. The predicted octanol–water partition coefficient (Wildman–Crippen LogP) is 3.24. The van der Waals surface area contributed by atoms with E-state index in [1.54, 1.807) is 0 Å². The van der Waals surface area contributed by atoms with Crippen molar-refractivity contribution in [3.8, 4) is 17.2 Å². The molecule has 1 aromatic carbocycles. The number of esters is 2. The summed E-state index contributed by atoms with van der Waals surface area (Å²) in [6.07, 6.45) is -6.45. The summed E-state index contributed by atoms with van der Waals surface area (Å²) in [5.74, 6) is -10.5. The van der Waals surface area contributed by atoms with Crippen LogP contribution < -0.4 is 4.74 Å². The van der Waals surface area contributed by atoms with E-state index in [2.05, 4.69) is 9.68 Å². The molecule has 2 unspecified atom stereocenters. The van der Waals surface area contributed by atoms with Gasteiger partial charge in [-0.25, -0.2) is 18.4 Å². The Labute approximate surface area is 338 Å². The number of allylic oxidation sites excluding steroid dienone is 4. The van der Waals surface area contributed by atoms with Crippen LogP contribution >= 0.6 is 0 Å². The minimum absolute atomic E-state index is 0.136. The average molecular weight is 857 g/mol. The molecule has 2 fully saturated rings. The normalized spacial score (nSPS) is 30.3. The molecule has 328 valence electrons. The first kappa shape index (κ1) is 45.1. The summed E-state index contributed by atoms with van der Waals surface area (Å²) in [5, 5.41) is 62.7. The number of halogens is 2. The van der Waals surface area contributed by atoms with Gasteiger partial charge in [0.2, 0.25) is 17.1 Å². The summed E-state index contributed by atoms with van der Waals surface area (Å²) in [6, 6.07) is 1.53. The lowest BCUT2D eigenvalue weighted by Gasteiger charge is -2.62. The third-order valence-corrected chi connectivity index (χ3v) is 12.0. The van der Waals surface area contributed by atoms with Crippen molar-refractivity contribution in [3.63, 3.8) is 0 Å². The van der Waals surface area contributed by atoms with E-state index in [0.29, 0.717) is 0 Å². The van der Waals surface area contributed by atoms with Crippen LogP contribution in [-0.4, -0.2) is 110 Å².